The molecule has 2 rings (SSSR count). The van der Waals surface area contributed by atoms with Crippen molar-refractivity contribution in [3.63, 3.8) is 0 Å². The minimum Gasteiger partial charge on any atom is -0.380 e. The predicted molar refractivity (Wildman–Crippen MR) is 74.1 cm³/mol. The third-order valence-corrected chi connectivity index (χ3v) is 3.85. The van der Waals surface area contributed by atoms with Crippen molar-refractivity contribution >= 4 is 15.9 Å². The van der Waals surface area contributed by atoms with E-state index < -0.39 is 0 Å². The zero-order valence-corrected chi connectivity index (χ0v) is 12.2. The number of rotatable bonds is 4. The third-order valence-electron chi connectivity index (χ3n) is 3.40. The lowest BCUT2D eigenvalue weighted by Crippen LogP contribution is -2.31. The number of ether oxygens (including phenoxy) is 1. The molecule has 0 saturated carbocycles. The summed E-state index contributed by atoms with van der Waals surface area (Å²) in [6.07, 6.45) is 3.17. The maximum atomic E-state index is 14.3. The Balaban J connectivity index is 2.15. The third kappa shape index (κ3) is 3.53. The molecular weight excluding hydrogens is 297 g/mol. The van der Waals surface area contributed by atoms with E-state index in [1.54, 1.807) is 13.2 Å². The van der Waals surface area contributed by atoms with Crippen LogP contribution in [0.4, 0.5) is 4.39 Å². The van der Waals surface area contributed by atoms with Crippen LogP contribution in [0.5, 0.6) is 0 Å². The fourth-order valence-corrected chi connectivity index (χ4v) is 3.08. The van der Waals surface area contributed by atoms with Crippen molar-refractivity contribution in [3.8, 4) is 0 Å². The molecule has 0 spiro atoms. The molecule has 1 aliphatic rings. The summed E-state index contributed by atoms with van der Waals surface area (Å²) in [6, 6.07) is 3.69. The van der Waals surface area contributed by atoms with E-state index >= 15 is 0 Å². The number of halogens is 2. The van der Waals surface area contributed by atoms with Crippen LogP contribution in [-0.2, 0) is 17.8 Å². The molecule has 0 amide bonds. The largest absolute Gasteiger partial charge is 0.380 e. The Morgan fingerprint density at radius 3 is 2.89 bits per heavy atom. The summed E-state index contributed by atoms with van der Waals surface area (Å²) in [5.74, 6) is 0.434. The minimum absolute atomic E-state index is 0.106. The number of piperidine rings is 1. The molecule has 0 bridgehead atoms. The van der Waals surface area contributed by atoms with Gasteiger partial charge in [0.25, 0.3) is 0 Å². The average molecular weight is 316 g/mol. The molecule has 1 aliphatic heterocycles. The van der Waals surface area contributed by atoms with Crippen molar-refractivity contribution in [3.05, 3.63) is 33.5 Å². The van der Waals surface area contributed by atoms with Gasteiger partial charge in [0, 0.05) is 17.1 Å². The van der Waals surface area contributed by atoms with E-state index in [1.165, 1.54) is 12.8 Å². The Bertz CT molecular complexity index is 405. The van der Waals surface area contributed by atoms with Crippen LogP contribution in [0.1, 0.15) is 24.0 Å². The molecule has 1 aromatic rings. The van der Waals surface area contributed by atoms with E-state index in [1.807, 2.05) is 6.07 Å². The topological polar surface area (TPSA) is 21.3 Å². The smallest absolute Gasteiger partial charge is 0.131 e. The standard InChI is InChI=1S/C14H19BrFNO/c1-18-9-12-7-13(15)6-11(14(12)16)5-10-3-2-4-17-8-10/h6-7,10,17H,2-5,8-9H2,1H3. The summed E-state index contributed by atoms with van der Waals surface area (Å²) in [7, 11) is 1.59. The van der Waals surface area contributed by atoms with Crippen LogP contribution >= 0.6 is 15.9 Å². The van der Waals surface area contributed by atoms with Gasteiger partial charge in [0.2, 0.25) is 0 Å². The fraction of sp³-hybridized carbons (Fsp3) is 0.571. The summed E-state index contributed by atoms with van der Waals surface area (Å²) in [5.41, 5.74) is 1.43. The molecule has 1 unspecified atom stereocenters. The van der Waals surface area contributed by atoms with Crippen LogP contribution in [0.2, 0.25) is 0 Å². The Morgan fingerprint density at radius 2 is 2.22 bits per heavy atom. The maximum absolute atomic E-state index is 14.3. The molecule has 0 aliphatic carbocycles. The summed E-state index contributed by atoms with van der Waals surface area (Å²) in [6.45, 7) is 2.40. The van der Waals surface area contributed by atoms with Crippen LogP contribution in [0.15, 0.2) is 16.6 Å². The van der Waals surface area contributed by atoms with Gasteiger partial charge in [-0.15, -0.1) is 0 Å². The van der Waals surface area contributed by atoms with Gasteiger partial charge in [-0.25, -0.2) is 4.39 Å². The molecular formula is C14H19BrFNO. The summed E-state index contributed by atoms with van der Waals surface area (Å²) >= 11 is 3.44. The first-order chi connectivity index (χ1) is 8.70. The van der Waals surface area contributed by atoms with Crippen LogP contribution in [0.25, 0.3) is 0 Å². The van der Waals surface area contributed by atoms with Crippen molar-refractivity contribution in [1.29, 1.82) is 0 Å². The first-order valence-electron chi connectivity index (χ1n) is 6.37. The van der Waals surface area contributed by atoms with Gasteiger partial charge in [-0.3, -0.25) is 0 Å². The lowest BCUT2D eigenvalue weighted by molar-refractivity contribution is 0.181. The van der Waals surface area contributed by atoms with E-state index in [2.05, 4.69) is 21.2 Å². The summed E-state index contributed by atoms with van der Waals surface area (Å²) < 4.78 is 20.2. The number of hydrogen-bond donors (Lipinski definition) is 1. The Labute approximate surface area is 116 Å². The average Bonchev–Trinajstić information content (AvgIpc) is 2.36. The quantitative estimate of drug-likeness (QED) is 0.920. The van der Waals surface area contributed by atoms with Crippen molar-refractivity contribution in [2.75, 3.05) is 20.2 Å². The predicted octanol–water partition coefficient (Wildman–Crippen LogP) is 3.28. The van der Waals surface area contributed by atoms with Gasteiger partial charge in [0.1, 0.15) is 5.82 Å². The minimum atomic E-state index is -0.106. The monoisotopic (exact) mass is 315 g/mol. The zero-order valence-electron chi connectivity index (χ0n) is 10.6. The Kier molecular flexibility index (Phi) is 5.15. The second-order valence-electron chi connectivity index (χ2n) is 4.89. The second-order valence-corrected chi connectivity index (χ2v) is 5.80. The first kappa shape index (κ1) is 14.0. The SMILES string of the molecule is COCc1cc(Br)cc(CC2CCCNC2)c1F. The van der Waals surface area contributed by atoms with Crippen molar-refractivity contribution in [2.24, 2.45) is 5.92 Å². The summed E-state index contributed by atoms with van der Waals surface area (Å²) in [5, 5.41) is 3.37. The number of benzene rings is 1. The number of hydrogen-bond acceptors (Lipinski definition) is 2. The van der Waals surface area contributed by atoms with E-state index in [0.29, 0.717) is 18.1 Å². The van der Waals surface area contributed by atoms with E-state index in [-0.39, 0.29) is 5.82 Å². The molecule has 18 heavy (non-hydrogen) atoms. The Morgan fingerprint density at radius 1 is 1.44 bits per heavy atom. The van der Waals surface area contributed by atoms with Crippen LogP contribution in [0, 0.1) is 11.7 Å². The normalized spacial score (nSPS) is 20.1. The molecule has 2 nitrogen and oxygen atoms in total. The van der Waals surface area contributed by atoms with Gasteiger partial charge in [-0.05, 0) is 56.0 Å². The molecule has 100 valence electrons. The Hall–Kier alpha value is -0.450. The molecule has 0 aromatic heterocycles. The van der Waals surface area contributed by atoms with Gasteiger partial charge in [-0.1, -0.05) is 15.9 Å². The lowest BCUT2D eigenvalue weighted by atomic mass is 9.91. The van der Waals surface area contributed by atoms with Gasteiger partial charge in [0.05, 0.1) is 6.61 Å². The second kappa shape index (κ2) is 6.64. The van der Waals surface area contributed by atoms with Crippen molar-refractivity contribution in [2.45, 2.75) is 25.9 Å². The molecule has 4 heteroatoms. The highest BCUT2D eigenvalue weighted by Gasteiger charge is 2.17. The molecule has 1 N–H and O–H groups in total. The molecule has 0 radical (unpaired) electrons. The number of methoxy groups -OCH3 is 1. The van der Waals surface area contributed by atoms with E-state index in [9.17, 15) is 4.39 Å². The molecule has 1 aromatic carbocycles. The highest BCUT2D eigenvalue weighted by atomic mass is 79.9. The maximum Gasteiger partial charge on any atom is 0.131 e. The molecule has 1 saturated heterocycles. The van der Waals surface area contributed by atoms with E-state index in [4.69, 9.17) is 4.74 Å². The summed E-state index contributed by atoms with van der Waals surface area (Å²) in [4.78, 5) is 0. The van der Waals surface area contributed by atoms with E-state index in [0.717, 1.165) is 29.5 Å². The van der Waals surface area contributed by atoms with Crippen molar-refractivity contribution < 1.29 is 9.13 Å². The molecule has 1 atom stereocenters. The highest BCUT2D eigenvalue weighted by molar-refractivity contribution is 9.10. The number of nitrogens with one attached hydrogen (secondary N) is 1. The van der Waals surface area contributed by atoms with Gasteiger partial charge in [-0.2, -0.15) is 0 Å². The van der Waals surface area contributed by atoms with Crippen LogP contribution in [0.3, 0.4) is 0 Å². The zero-order chi connectivity index (χ0) is 13.0. The van der Waals surface area contributed by atoms with Crippen LogP contribution < -0.4 is 5.32 Å². The highest BCUT2D eigenvalue weighted by Crippen LogP contribution is 2.25. The lowest BCUT2D eigenvalue weighted by Gasteiger charge is -2.23. The van der Waals surface area contributed by atoms with Gasteiger partial charge >= 0.3 is 0 Å². The molecule has 1 fully saturated rings. The fourth-order valence-electron chi connectivity index (χ4n) is 2.53. The van der Waals surface area contributed by atoms with Gasteiger partial charge < -0.3 is 10.1 Å². The van der Waals surface area contributed by atoms with Gasteiger partial charge in [0.15, 0.2) is 0 Å². The first-order valence-corrected chi connectivity index (χ1v) is 7.16. The molecule has 1 heterocycles. The van der Waals surface area contributed by atoms with Crippen molar-refractivity contribution in [1.82, 2.24) is 5.32 Å². The van der Waals surface area contributed by atoms with Crippen LogP contribution in [-0.4, -0.2) is 20.2 Å².